The molecule has 2 aliphatic heterocycles. The first-order valence-corrected chi connectivity index (χ1v) is 12.2. The van der Waals surface area contributed by atoms with Gasteiger partial charge in [0.05, 0.1) is 19.3 Å². The molecule has 6 nitrogen and oxygen atoms in total. The number of morpholine rings is 1. The lowest BCUT2D eigenvalue weighted by Crippen LogP contribution is -2.40. The summed E-state index contributed by atoms with van der Waals surface area (Å²) in [6.07, 6.45) is 2.84. The van der Waals surface area contributed by atoms with Crippen molar-refractivity contribution < 1.29 is 19.1 Å². The minimum atomic E-state index is -0.355. The van der Waals surface area contributed by atoms with E-state index in [2.05, 4.69) is 23.6 Å². The fourth-order valence-electron chi connectivity index (χ4n) is 5.16. The first-order valence-electron chi connectivity index (χ1n) is 12.2. The van der Waals surface area contributed by atoms with Gasteiger partial charge in [-0.25, -0.2) is 0 Å². The molecule has 0 N–H and O–H groups in total. The van der Waals surface area contributed by atoms with Crippen molar-refractivity contribution in [3.8, 4) is 5.75 Å². The van der Waals surface area contributed by atoms with Crippen LogP contribution in [0.1, 0.15) is 52.7 Å². The smallest absolute Gasteiger partial charge is 0.255 e. The number of amides is 1. The Balaban J connectivity index is 1.24. The fourth-order valence-corrected chi connectivity index (χ4v) is 5.16. The molecule has 34 heavy (non-hydrogen) atoms. The second-order valence-corrected chi connectivity index (χ2v) is 9.50. The fraction of sp³-hybridized carbons (Fsp3) is 0.429. The van der Waals surface area contributed by atoms with Gasteiger partial charge in [-0.3, -0.25) is 14.5 Å². The van der Waals surface area contributed by atoms with Gasteiger partial charge >= 0.3 is 0 Å². The molecular formula is C28H32N2O4. The van der Waals surface area contributed by atoms with Crippen LogP contribution in [-0.2, 0) is 29.2 Å². The van der Waals surface area contributed by atoms with Gasteiger partial charge in [0.25, 0.3) is 5.91 Å². The van der Waals surface area contributed by atoms with Crippen LogP contribution in [-0.4, -0.2) is 53.8 Å². The van der Waals surface area contributed by atoms with E-state index in [-0.39, 0.29) is 17.7 Å². The first-order chi connectivity index (χ1) is 16.6. The van der Waals surface area contributed by atoms with Crippen LogP contribution in [0.4, 0.5) is 0 Å². The molecule has 2 heterocycles. The quantitative estimate of drug-likeness (QED) is 0.479. The number of nitrogens with zero attached hydrogens (tertiary/aromatic N) is 2. The van der Waals surface area contributed by atoms with Crippen LogP contribution >= 0.6 is 0 Å². The Kier molecular flexibility index (Phi) is 6.79. The summed E-state index contributed by atoms with van der Waals surface area (Å²) < 4.78 is 11.5. The van der Waals surface area contributed by atoms with Gasteiger partial charge in [-0.2, -0.15) is 0 Å². The molecule has 5 rings (SSSR count). The highest BCUT2D eigenvalue weighted by Gasteiger charge is 2.37. The van der Waals surface area contributed by atoms with Gasteiger partial charge in [0.1, 0.15) is 12.4 Å². The van der Waals surface area contributed by atoms with Crippen LogP contribution in [0, 0.1) is 0 Å². The van der Waals surface area contributed by atoms with Gasteiger partial charge < -0.3 is 14.4 Å². The summed E-state index contributed by atoms with van der Waals surface area (Å²) in [5, 5.41) is 0. The van der Waals surface area contributed by atoms with Gasteiger partial charge in [-0.15, -0.1) is 0 Å². The Labute approximate surface area is 201 Å². The predicted octanol–water partition coefficient (Wildman–Crippen LogP) is 4.12. The monoisotopic (exact) mass is 460 g/mol. The van der Waals surface area contributed by atoms with Crippen molar-refractivity contribution >= 4 is 11.7 Å². The highest BCUT2D eigenvalue weighted by molar-refractivity contribution is 6.02. The summed E-state index contributed by atoms with van der Waals surface area (Å²) in [5.41, 5.74) is 4.90. The van der Waals surface area contributed by atoms with Gasteiger partial charge in [-0.1, -0.05) is 36.4 Å². The number of Topliss-reactive ketones (excluding diaryl/α,β-unsaturated/α-hetero) is 1. The molecule has 1 amide bonds. The summed E-state index contributed by atoms with van der Waals surface area (Å²) in [6, 6.07) is 13.7. The van der Waals surface area contributed by atoms with E-state index in [1.807, 2.05) is 30.3 Å². The minimum Gasteiger partial charge on any atom is -0.489 e. The molecule has 0 radical (unpaired) electrons. The predicted molar refractivity (Wildman–Crippen MR) is 130 cm³/mol. The lowest BCUT2D eigenvalue weighted by molar-refractivity contribution is -0.122. The first kappa shape index (κ1) is 22.8. The molecule has 1 saturated heterocycles. The van der Waals surface area contributed by atoms with Crippen molar-refractivity contribution in [3.05, 3.63) is 76.9 Å². The number of ketones is 1. The van der Waals surface area contributed by atoms with Crippen LogP contribution < -0.4 is 4.74 Å². The number of hydrogen-bond donors (Lipinski definition) is 0. The lowest BCUT2D eigenvalue weighted by Gasteiger charge is -2.26. The summed E-state index contributed by atoms with van der Waals surface area (Å²) >= 11 is 0. The standard InChI is InChI=1S/C28H32N2O4/c1-20-4-2-7-26(27(31)16-20)30-18-25-22(5-3-6-24(25)28(30)32)19-34-23-10-8-21(9-11-23)17-29-12-14-33-15-13-29/h3,5-6,8-11,26H,1-2,4,7,12-19H2/t26-/m0/s1. The van der Waals surface area contributed by atoms with E-state index in [1.165, 1.54) is 5.56 Å². The molecular weight excluding hydrogens is 428 g/mol. The zero-order valence-corrected chi connectivity index (χ0v) is 19.6. The molecule has 0 bridgehead atoms. The maximum Gasteiger partial charge on any atom is 0.255 e. The Hall–Kier alpha value is -2.96. The molecule has 6 heteroatoms. The molecule has 178 valence electrons. The van der Waals surface area contributed by atoms with E-state index >= 15 is 0 Å². The van der Waals surface area contributed by atoms with Crippen LogP contribution in [0.5, 0.6) is 5.75 Å². The molecule has 2 fully saturated rings. The van der Waals surface area contributed by atoms with Crippen molar-refractivity contribution in [2.45, 2.75) is 51.4 Å². The normalized spacial score (nSPS) is 21.5. The van der Waals surface area contributed by atoms with Crippen molar-refractivity contribution in [3.63, 3.8) is 0 Å². The van der Waals surface area contributed by atoms with E-state index in [1.54, 1.807) is 4.90 Å². The van der Waals surface area contributed by atoms with E-state index in [0.717, 1.165) is 68.1 Å². The zero-order chi connectivity index (χ0) is 23.5. The summed E-state index contributed by atoms with van der Waals surface area (Å²) in [5.74, 6) is 0.871. The molecule has 2 aromatic rings. The number of carbonyl (C=O) groups is 2. The van der Waals surface area contributed by atoms with Crippen molar-refractivity contribution in [2.75, 3.05) is 26.3 Å². The van der Waals surface area contributed by atoms with E-state index in [9.17, 15) is 9.59 Å². The summed E-state index contributed by atoms with van der Waals surface area (Å²) in [6.45, 7) is 9.30. The number of fused-ring (bicyclic) bond motifs is 1. The number of ether oxygens (including phenoxy) is 2. The largest absolute Gasteiger partial charge is 0.489 e. The Bertz CT molecular complexity index is 1070. The SMILES string of the molecule is C=C1CCC[C@H](N2Cc3c(COc4ccc(CN5CCOCC5)cc4)cccc3C2=O)C(=O)C1. The van der Waals surface area contributed by atoms with E-state index < -0.39 is 0 Å². The lowest BCUT2D eigenvalue weighted by atomic mass is 10.0. The molecule has 1 saturated carbocycles. The Morgan fingerprint density at radius 3 is 2.65 bits per heavy atom. The van der Waals surface area contributed by atoms with Crippen LogP contribution in [0.25, 0.3) is 0 Å². The molecule has 2 aromatic carbocycles. The minimum absolute atomic E-state index is 0.0461. The molecule has 1 aliphatic carbocycles. The maximum absolute atomic E-state index is 13.2. The number of carbonyl (C=O) groups excluding carboxylic acids is 2. The molecule has 1 atom stereocenters. The van der Waals surface area contributed by atoms with Gasteiger partial charge in [-0.05, 0) is 54.2 Å². The number of rotatable bonds is 6. The molecule has 0 aromatic heterocycles. The van der Waals surface area contributed by atoms with Crippen LogP contribution in [0.2, 0.25) is 0 Å². The van der Waals surface area contributed by atoms with E-state index in [4.69, 9.17) is 9.47 Å². The summed E-state index contributed by atoms with van der Waals surface area (Å²) in [4.78, 5) is 30.1. The maximum atomic E-state index is 13.2. The Morgan fingerprint density at radius 1 is 1.06 bits per heavy atom. The molecule has 3 aliphatic rings. The van der Waals surface area contributed by atoms with Gasteiger partial charge in [0.15, 0.2) is 5.78 Å². The van der Waals surface area contributed by atoms with Crippen molar-refractivity contribution in [1.29, 1.82) is 0 Å². The second-order valence-electron chi connectivity index (χ2n) is 9.50. The van der Waals surface area contributed by atoms with Gasteiger partial charge in [0, 0.05) is 38.2 Å². The van der Waals surface area contributed by atoms with E-state index in [0.29, 0.717) is 31.6 Å². The average molecular weight is 461 g/mol. The third-order valence-electron chi connectivity index (χ3n) is 7.10. The van der Waals surface area contributed by atoms with Gasteiger partial charge in [0.2, 0.25) is 0 Å². The topological polar surface area (TPSA) is 59.1 Å². The molecule has 0 unspecified atom stereocenters. The zero-order valence-electron chi connectivity index (χ0n) is 19.6. The average Bonchev–Trinajstić information content (AvgIpc) is 3.08. The Morgan fingerprint density at radius 2 is 1.85 bits per heavy atom. The number of hydrogen-bond acceptors (Lipinski definition) is 5. The molecule has 0 spiro atoms. The highest BCUT2D eigenvalue weighted by atomic mass is 16.5. The third kappa shape index (κ3) is 4.93. The number of benzene rings is 2. The second kappa shape index (κ2) is 10.1. The van der Waals surface area contributed by atoms with Crippen LogP contribution in [0.15, 0.2) is 54.6 Å². The third-order valence-corrected chi connectivity index (χ3v) is 7.10. The summed E-state index contributed by atoms with van der Waals surface area (Å²) in [7, 11) is 0. The number of allylic oxidation sites excluding steroid dienone is 1. The highest BCUT2D eigenvalue weighted by Crippen LogP contribution is 2.32. The van der Waals surface area contributed by atoms with Crippen molar-refractivity contribution in [1.82, 2.24) is 9.80 Å². The van der Waals surface area contributed by atoms with Crippen LogP contribution in [0.3, 0.4) is 0 Å². The van der Waals surface area contributed by atoms with Crippen molar-refractivity contribution in [2.24, 2.45) is 0 Å².